The van der Waals surface area contributed by atoms with Crippen LogP contribution >= 0.6 is 0 Å². The van der Waals surface area contributed by atoms with Crippen LogP contribution < -0.4 is 0 Å². The number of carbonyl (C=O) groups is 1. The quantitative estimate of drug-likeness (QED) is 0.853. The van der Waals surface area contributed by atoms with Gasteiger partial charge in [-0.25, -0.2) is 0 Å². The molecule has 3 nitrogen and oxygen atoms in total. The van der Waals surface area contributed by atoms with Crippen LogP contribution in [0.5, 0.6) is 0 Å². The van der Waals surface area contributed by atoms with E-state index in [1.54, 1.807) is 0 Å². The van der Waals surface area contributed by atoms with Crippen molar-refractivity contribution < 1.29 is 9.90 Å². The predicted octanol–water partition coefficient (Wildman–Crippen LogP) is 4.20. The molecule has 2 atom stereocenters. The highest BCUT2D eigenvalue weighted by molar-refractivity contribution is 5.66. The van der Waals surface area contributed by atoms with Crippen LogP contribution in [0.3, 0.4) is 0 Å². The standard InChI is InChI=1S/C18H27NO2/c1-13(2)19(12-6-9-18(20)21)17-11-10-14(3)15-7-4-5-8-16(15)17/h4-5,7-8,13-14,17H,6,9-12H2,1-3H3,(H,20,21). The molecule has 1 aliphatic rings. The Labute approximate surface area is 128 Å². The molecule has 1 aliphatic carbocycles. The molecule has 0 spiro atoms. The van der Waals surface area contributed by atoms with Crippen molar-refractivity contribution in [2.24, 2.45) is 0 Å². The normalized spacial score (nSPS) is 21.6. The molecule has 21 heavy (non-hydrogen) atoms. The van der Waals surface area contributed by atoms with Crippen molar-refractivity contribution in [3.05, 3.63) is 35.4 Å². The molecule has 1 aromatic carbocycles. The van der Waals surface area contributed by atoms with Crippen molar-refractivity contribution in [3.63, 3.8) is 0 Å². The average molecular weight is 289 g/mol. The minimum Gasteiger partial charge on any atom is -0.481 e. The molecular weight excluding hydrogens is 262 g/mol. The van der Waals surface area contributed by atoms with Crippen molar-refractivity contribution in [1.82, 2.24) is 4.90 Å². The van der Waals surface area contributed by atoms with E-state index in [0.29, 0.717) is 18.0 Å². The van der Waals surface area contributed by atoms with Crippen LogP contribution in [0.2, 0.25) is 0 Å². The molecule has 0 aromatic heterocycles. The Morgan fingerprint density at radius 1 is 1.29 bits per heavy atom. The smallest absolute Gasteiger partial charge is 0.303 e. The minimum absolute atomic E-state index is 0.258. The maximum atomic E-state index is 10.7. The van der Waals surface area contributed by atoms with Gasteiger partial charge in [0.15, 0.2) is 0 Å². The first-order valence-electron chi connectivity index (χ1n) is 8.07. The van der Waals surface area contributed by atoms with E-state index in [1.807, 2.05) is 0 Å². The lowest BCUT2D eigenvalue weighted by Gasteiger charge is -2.40. The number of nitrogens with zero attached hydrogens (tertiary/aromatic N) is 1. The van der Waals surface area contributed by atoms with Crippen LogP contribution in [-0.2, 0) is 4.79 Å². The summed E-state index contributed by atoms with van der Waals surface area (Å²) in [6.45, 7) is 7.58. The summed E-state index contributed by atoms with van der Waals surface area (Å²) in [5, 5.41) is 8.85. The van der Waals surface area contributed by atoms with Gasteiger partial charge < -0.3 is 5.11 Å². The number of benzene rings is 1. The maximum absolute atomic E-state index is 10.7. The molecule has 2 rings (SSSR count). The van der Waals surface area contributed by atoms with Gasteiger partial charge in [0, 0.05) is 18.5 Å². The Bertz CT molecular complexity index is 484. The number of aliphatic carboxylic acids is 1. The first kappa shape index (κ1) is 16.0. The first-order valence-corrected chi connectivity index (χ1v) is 8.07. The zero-order valence-electron chi connectivity index (χ0n) is 13.4. The number of rotatable bonds is 6. The molecule has 0 radical (unpaired) electrons. The Hall–Kier alpha value is -1.35. The lowest BCUT2D eigenvalue weighted by molar-refractivity contribution is -0.137. The molecule has 3 heteroatoms. The van der Waals surface area contributed by atoms with Crippen molar-refractivity contribution in [3.8, 4) is 0 Å². The van der Waals surface area contributed by atoms with E-state index in [2.05, 4.69) is 49.9 Å². The minimum atomic E-state index is -0.698. The molecule has 0 amide bonds. The lowest BCUT2D eigenvalue weighted by Crippen LogP contribution is -2.38. The summed E-state index contributed by atoms with van der Waals surface area (Å²) in [5.41, 5.74) is 2.91. The summed E-state index contributed by atoms with van der Waals surface area (Å²) < 4.78 is 0. The fourth-order valence-electron chi connectivity index (χ4n) is 3.51. The number of carboxylic acid groups (broad SMARTS) is 1. The van der Waals surface area contributed by atoms with Crippen LogP contribution in [0.1, 0.15) is 69.5 Å². The summed E-state index contributed by atoms with van der Waals surface area (Å²) in [7, 11) is 0. The zero-order valence-corrected chi connectivity index (χ0v) is 13.4. The monoisotopic (exact) mass is 289 g/mol. The third kappa shape index (κ3) is 3.85. The van der Waals surface area contributed by atoms with Gasteiger partial charge in [0.25, 0.3) is 0 Å². The van der Waals surface area contributed by atoms with E-state index in [9.17, 15) is 4.79 Å². The molecule has 0 aliphatic heterocycles. The third-order valence-corrected chi connectivity index (χ3v) is 4.63. The highest BCUT2D eigenvalue weighted by Crippen LogP contribution is 2.40. The average Bonchev–Trinajstić information content (AvgIpc) is 2.45. The fourth-order valence-corrected chi connectivity index (χ4v) is 3.51. The SMILES string of the molecule is CC1CCC(N(CCCC(=O)O)C(C)C)c2ccccc21. The fraction of sp³-hybridized carbons (Fsp3) is 0.611. The van der Waals surface area contributed by atoms with Gasteiger partial charge >= 0.3 is 5.97 Å². The van der Waals surface area contributed by atoms with Crippen LogP contribution in [0, 0.1) is 0 Å². The van der Waals surface area contributed by atoms with Gasteiger partial charge in [0.2, 0.25) is 0 Å². The lowest BCUT2D eigenvalue weighted by atomic mass is 9.80. The van der Waals surface area contributed by atoms with Crippen molar-refractivity contribution in [2.75, 3.05) is 6.54 Å². The molecule has 0 saturated heterocycles. The Morgan fingerprint density at radius 2 is 1.95 bits per heavy atom. The van der Waals surface area contributed by atoms with E-state index in [4.69, 9.17) is 5.11 Å². The highest BCUT2D eigenvalue weighted by Gasteiger charge is 2.29. The van der Waals surface area contributed by atoms with Crippen molar-refractivity contribution >= 4 is 5.97 Å². The molecule has 2 unspecified atom stereocenters. The van der Waals surface area contributed by atoms with E-state index in [-0.39, 0.29) is 6.42 Å². The van der Waals surface area contributed by atoms with E-state index >= 15 is 0 Å². The third-order valence-electron chi connectivity index (χ3n) is 4.63. The van der Waals surface area contributed by atoms with Crippen LogP contribution in [-0.4, -0.2) is 28.6 Å². The van der Waals surface area contributed by atoms with Gasteiger partial charge in [0.1, 0.15) is 0 Å². The van der Waals surface area contributed by atoms with Gasteiger partial charge in [-0.15, -0.1) is 0 Å². The first-order chi connectivity index (χ1) is 10.0. The van der Waals surface area contributed by atoms with E-state index < -0.39 is 5.97 Å². The number of carboxylic acids is 1. The summed E-state index contributed by atoms with van der Waals surface area (Å²) in [6, 6.07) is 9.63. The Kier molecular flexibility index (Phi) is 5.40. The van der Waals surface area contributed by atoms with Crippen molar-refractivity contribution in [2.45, 2.75) is 64.5 Å². The molecule has 0 fully saturated rings. The van der Waals surface area contributed by atoms with Gasteiger partial charge in [-0.1, -0.05) is 31.2 Å². The number of fused-ring (bicyclic) bond motifs is 1. The summed E-state index contributed by atoms with van der Waals surface area (Å²) in [5.74, 6) is -0.0677. The maximum Gasteiger partial charge on any atom is 0.303 e. The largest absolute Gasteiger partial charge is 0.481 e. The zero-order chi connectivity index (χ0) is 15.4. The molecule has 1 N–H and O–H groups in total. The molecule has 0 saturated carbocycles. The Balaban J connectivity index is 2.17. The van der Waals surface area contributed by atoms with Gasteiger partial charge in [-0.05, 0) is 56.7 Å². The second kappa shape index (κ2) is 7.08. The van der Waals surface area contributed by atoms with Gasteiger partial charge in [0.05, 0.1) is 0 Å². The number of hydrogen-bond acceptors (Lipinski definition) is 2. The predicted molar refractivity (Wildman–Crippen MR) is 85.5 cm³/mol. The topological polar surface area (TPSA) is 40.5 Å². The summed E-state index contributed by atoms with van der Waals surface area (Å²) in [6.07, 6.45) is 3.36. The molecule has 0 heterocycles. The molecule has 0 bridgehead atoms. The second-order valence-corrected chi connectivity index (χ2v) is 6.45. The van der Waals surface area contributed by atoms with Gasteiger partial charge in [-0.3, -0.25) is 9.69 Å². The van der Waals surface area contributed by atoms with E-state index in [1.165, 1.54) is 24.0 Å². The Morgan fingerprint density at radius 3 is 2.57 bits per heavy atom. The van der Waals surface area contributed by atoms with Crippen LogP contribution in [0.15, 0.2) is 24.3 Å². The molecular formula is C18H27NO2. The van der Waals surface area contributed by atoms with Crippen LogP contribution in [0.4, 0.5) is 0 Å². The number of hydrogen-bond donors (Lipinski definition) is 1. The summed E-state index contributed by atoms with van der Waals surface area (Å²) in [4.78, 5) is 13.2. The highest BCUT2D eigenvalue weighted by atomic mass is 16.4. The molecule has 1 aromatic rings. The van der Waals surface area contributed by atoms with Crippen LogP contribution in [0.25, 0.3) is 0 Å². The second-order valence-electron chi connectivity index (χ2n) is 6.45. The van der Waals surface area contributed by atoms with E-state index in [0.717, 1.165) is 13.0 Å². The summed E-state index contributed by atoms with van der Waals surface area (Å²) >= 11 is 0. The van der Waals surface area contributed by atoms with Crippen molar-refractivity contribution in [1.29, 1.82) is 0 Å². The molecule has 116 valence electrons. The van der Waals surface area contributed by atoms with Gasteiger partial charge in [-0.2, -0.15) is 0 Å².